The van der Waals surface area contributed by atoms with Gasteiger partial charge in [-0.25, -0.2) is 9.97 Å². The van der Waals surface area contributed by atoms with E-state index in [9.17, 15) is 14.9 Å². The number of ether oxygens (including phenoxy) is 1. The van der Waals surface area contributed by atoms with Gasteiger partial charge in [-0.05, 0) is 12.1 Å². The maximum absolute atomic E-state index is 12.3. The second-order valence-electron chi connectivity index (χ2n) is 5.24. The zero-order valence-corrected chi connectivity index (χ0v) is 13.8. The Morgan fingerprint density at radius 3 is 2.76 bits per heavy atom. The third-order valence-corrected chi connectivity index (χ3v) is 3.95. The number of anilines is 2. The Labute approximate surface area is 147 Å². The van der Waals surface area contributed by atoms with Crippen molar-refractivity contribution in [3.63, 3.8) is 0 Å². The number of nitrogens with one attached hydrogen (secondary N) is 1. The molecular weight excluding hydrogens is 350 g/mol. The van der Waals surface area contributed by atoms with Crippen LogP contribution in [0.1, 0.15) is 10.4 Å². The molecule has 1 aromatic heterocycles. The van der Waals surface area contributed by atoms with E-state index in [-0.39, 0.29) is 16.3 Å². The van der Waals surface area contributed by atoms with Gasteiger partial charge in [-0.2, -0.15) is 0 Å². The van der Waals surface area contributed by atoms with Crippen molar-refractivity contribution in [1.29, 1.82) is 0 Å². The number of rotatable bonds is 4. The van der Waals surface area contributed by atoms with Crippen molar-refractivity contribution < 1.29 is 14.5 Å². The van der Waals surface area contributed by atoms with Crippen LogP contribution in [-0.4, -0.2) is 47.1 Å². The van der Waals surface area contributed by atoms with Crippen LogP contribution in [0, 0.1) is 10.1 Å². The highest BCUT2D eigenvalue weighted by Gasteiger charge is 2.18. The Morgan fingerprint density at radius 2 is 2.04 bits per heavy atom. The summed E-state index contributed by atoms with van der Waals surface area (Å²) >= 11 is 5.75. The Morgan fingerprint density at radius 1 is 1.28 bits per heavy atom. The molecule has 0 spiro atoms. The molecule has 0 aliphatic carbocycles. The van der Waals surface area contributed by atoms with Gasteiger partial charge in [0.25, 0.3) is 11.6 Å². The van der Waals surface area contributed by atoms with E-state index in [4.69, 9.17) is 16.3 Å². The van der Waals surface area contributed by atoms with E-state index in [1.54, 1.807) is 6.07 Å². The lowest BCUT2D eigenvalue weighted by molar-refractivity contribution is -0.384. The Hall–Kier alpha value is -2.78. The molecule has 25 heavy (non-hydrogen) atoms. The van der Waals surface area contributed by atoms with Crippen molar-refractivity contribution in [1.82, 2.24) is 9.97 Å². The summed E-state index contributed by atoms with van der Waals surface area (Å²) < 4.78 is 5.29. The van der Waals surface area contributed by atoms with Gasteiger partial charge in [0.1, 0.15) is 23.0 Å². The van der Waals surface area contributed by atoms with Crippen LogP contribution in [0.5, 0.6) is 0 Å². The molecule has 0 atom stereocenters. The summed E-state index contributed by atoms with van der Waals surface area (Å²) in [6.45, 7) is 2.63. The summed E-state index contributed by atoms with van der Waals surface area (Å²) in [6, 6.07) is 5.50. The molecule has 1 fully saturated rings. The van der Waals surface area contributed by atoms with Gasteiger partial charge in [-0.3, -0.25) is 14.9 Å². The molecule has 1 aliphatic heterocycles. The van der Waals surface area contributed by atoms with Crippen LogP contribution in [0.25, 0.3) is 0 Å². The molecule has 1 saturated heterocycles. The summed E-state index contributed by atoms with van der Waals surface area (Å²) in [5.41, 5.74) is -0.214. The van der Waals surface area contributed by atoms with Crippen molar-refractivity contribution in [3.8, 4) is 0 Å². The van der Waals surface area contributed by atoms with E-state index in [1.807, 2.05) is 4.90 Å². The minimum atomic E-state index is -0.639. The number of nitro benzene ring substituents is 1. The zero-order chi connectivity index (χ0) is 17.8. The van der Waals surface area contributed by atoms with Crippen molar-refractivity contribution >= 4 is 34.8 Å². The van der Waals surface area contributed by atoms with Crippen LogP contribution in [0.2, 0.25) is 5.02 Å². The fourth-order valence-electron chi connectivity index (χ4n) is 2.36. The molecule has 0 bridgehead atoms. The number of hydrogen-bond donors (Lipinski definition) is 1. The first-order chi connectivity index (χ1) is 12.0. The summed E-state index contributed by atoms with van der Waals surface area (Å²) in [4.78, 5) is 32.8. The predicted octanol–water partition coefficient (Wildman–Crippen LogP) is 2.13. The van der Waals surface area contributed by atoms with Crippen LogP contribution in [0.15, 0.2) is 30.6 Å². The molecule has 0 radical (unpaired) electrons. The van der Waals surface area contributed by atoms with E-state index in [1.165, 1.54) is 18.5 Å². The third kappa shape index (κ3) is 4.01. The SMILES string of the molecule is O=C(Nc1cc(N2CCOCC2)ncn1)c1ccc(Cl)c([N+](=O)[O-])c1. The number of carbonyl (C=O) groups is 1. The number of morpholine rings is 1. The van der Waals surface area contributed by atoms with Crippen molar-refractivity contribution in [2.45, 2.75) is 0 Å². The molecule has 1 N–H and O–H groups in total. The third-order valence-electron chi connectivity index (χ3n) is 3.63. The topological polar surface area (TPSA) is 110 Å². The first-order valence-corrected chi connectivity index (χ1v) is 7.82. The van der Waals surface area contributed by atoms with Gasteiger partial charge in [0.05, 0.1) is 18.1 Å². The van der Waals surface area contributed by atoms with Gasteiger partial charge in [-0.15, -0.1) is 0 Å². The highest BCUT2D eigenvalue weighted by Crippen LogP contribution is 2.25. The minimum Gasteiger partial charge on any atom is -0.378 e. The van der Waals surface area contributed by atoms with Crippen LogP contribution in [0.3, 0.4) is 0 Å². The number of nitro groups is 1. The second kappa shape index (κ2) is 7.41. The molecule has 1 amide bonds. The van der Waals surface area contributed by atoms with Gasteiger partial charge in [0, 0.05) is 30.8 Å². The molecule has 2 aromatic rings. The lowest BCUT2D eigenvalue weighted by atomic mass is 10.2. The van der Waals surface area contributed by atoms with Gasteiger partial charge in [-0.1, -0.05) is 11.6 Å². The number of hydrogen-bond acceptors (Lipinski definition) is 7. The van der Waals surface area contributed by atoms with E-state index in [0.29, 0.717) is 37.9 Å². The fourth-order valence-corrected chi connectivity index (χ4v) is 2.55. The number of carbonyl (C=O) groups excluding carboxylic acids is 1. The number of aromatic nitrogens is 2. The molecule has 9 nitrogen and oxygen atoms in total. The number of nitrogens with zero attached hydrogens (tertiary/aromatic N) is 4. The molecule has 0 unspecified atom stereocenters. The number of amides is 1. The highest BCUT2D eigenvalue weighted by atomic mass is 35.5. The lowest BCUT2D eigenvalue weighted by Crippen LogP contribution is -2.36. The molecule has 1 aromatic carbocycles. The van der Waals surface area contributed by atoms with E-state index < -0.39 is 10.8 Å². The van der Waals surface area contributed by atoms with Crippen LogP contribution >= 0.6 is 11.6 Å². The van der Waals surface area contributed by atoms with Gasteiger partial charge < -0.3 is 15.0 Å². The first kappa shape index (κ1) is 17.1. The molecular formula is C15H14ClN5O4. The quantitative estimate of drug-likeness (QED) is 0.654. The highest BCUT2D eigenvalue weighted by molar-refractivity contribution is 6.32. The van der Waals surface area contributed by atoms with E-state index in [0.717, 1.165) is 6.07 Å². The molecule has 2 heterocycles. The van der Waals surface area contributed by atoms with Crippen molar-refractivity contribution in [2.75, 3.05) is 36.5 Å². The zero-order valence-electron chi connectivity index (χ0n) is 13.0. The first-order valence-electron chi connectivity index (χ1n) is 7.44. The Bertz CT molecular complexity index is 810. The van der Waals surface area contributed by atoms with E-state index >= 15 is 0 Å². The Kier molecular flexibility index (Phi) is 5.05. The summed E-state index contributed by atoms with van der Waals surface area (Å²) in [7, 11) is 0. The maximum atomic E-state index is 12.3. The number of halogens is 1. The lowest BCUT2D eigenvalue weighted by Gasteiger charge is -2.27. The van der Waals surface area contributed by atoms with Gasteiger partial charge in [0.2, 0.25) is 0 Å². The largest absolute Gasteiger partial charge is 0.378 e. The summed E-state index contributed by atoms with van der Waals surface area (Å²) in [6.07, 6.45) is 1.35. The molecule has 3 rings (SSSR count). The molecule has 0 saturated carbocycles. The smallest absolute Gasteiger partial charge is 0.288 e. The van der Waals surface area contributed by atoms with Crippen LogP contribution in [-0.2, 0) is 4.74 Å². The second-order valence-corrected chi connectivity index (χ2v) is 5.65. The minimum absolute atomic E-state index is 0.0295. The van der Waals surface area contributed by atoms with Gasteiger partial charge >= 0.3 is 0 Å². The van der Waals surface area contributed by atoms with Crippen LogP contribution < -0.4 is 10.2 Å². The normalized spacial score (nSPS) is 14.2. The summed E-state index contributed by atoms with van der Waals surface area (Å²) in [5, 5.41) is 13.5. The summed E-state index contributed by atoms with van der Waals surface area (Å²) in [5.74, 6) is 0.459. The average molecular weight is 364 g/mol. The standard InChI is InChI=1S/C15H14ClN5O4/c16-11-2-1-10(7-12(11)21(23)24)15(22)19-13-8-14(18-9-17-13)20-3-5-25-6-4-20/h1-2,7-9H,3-6H2,(H,17,18,19,22). The number of benzene rings is 1. The molecule has 130 valence electrons. The monoisotopic (exact) mass is 363 g/mol. The van der Waals surface area contributed by atoms with Gasteiger partial charge in [0.15, 0.2) is 0 Å². The predicted molar refractivity (Wildman–Crippen MR) is 91.1 cm³/mol. The van der Waals surface area contributed by atoms with Crippen molar-refractivity contribution in [2.24, 2.45) is 0 Å². The Balaban J connectivity index is 1.77. The fraction of sp³-hybridized carbons (Fsp3) is 0.267. The molecule has 10 heteroatoms. The van der Waals surface area contributed by atoms with E-state index in [2.05, 4.69) is 15.3 Å². The average Bonchev–Trinajstić information content (AvgIpc) is 2.62. The van der Waals surface area contributed by atoms with Crippen LogP contribution in [0.4, 0.5) is 17.3 Å². The van der Waals surface area contributed by atoms with Crippen molar-refractivity contribution in [3.05, 3.63) is 51.3 Å². The maximum Gasteiger partial charge on any atom is 0.288 e. The molecule has 1 aliphatic rings.